The lowest BCUT2D eigenvalue weighted by atomic mass is 9.97. The minimum absolute atomic E-state index is 0.00579. The Balaban J connectivity index is 3.10. The van der Waals surface area contributed by atoms with Gasteiger partial charge < -0.3 is 24.8 Å². The molecule has 2 N–H and O–H groups in total. The van der Waals surface area contributed by atoms with E-state index in [1.165, 1.54) is 0 Å². The Bertz CT molecular complexity index is 464. The van der Waals surface area contributed by atoms with Gasteiger partial charge in [0.05, 0.1) is 27.2 Å². The number of hydrogen-bond donors (Lipinski definition) is 1. The van der Waals surface area contributed by atoms with E-state index in [9.17, 15) is 4.79 Å². The van der Waals surface area contributed by atoms with Crippen LogP contribution in [0.1, 0.15) is 5.56 Å². The number of methoxy groups -OCH3 is 3. The van der Waals surface area contributed by atoms with Gasteiger partial charge in [-0.2, -0.15) is 0 Å². The molecule has 1 rings (SSSR count). The van der Waals surface area contributed by atoms with E-state index in [4.69, 9.17) is 19.9 Å². The Morgan fingerprint density at radius 3 is 2.00 bits per heavy atom. The molecule has 0 saturated carbocycles. The van der Waals surface area contributed by atoms with Crippen molar-refractivity contribution in [3.8, 4) is 17.2 Å². The predicted octanol–water partition coefficient (Wildman–Crippen LogP) is 0.918. The van der Waals surface area contributed by atoms with E-state index >= 15 is 0 Å². The fourth-order valence-corrected chi connectivity index (χ4v) is 2.17. The molecule has 1 amide bonds. The van der Waals surface area contributed by atoms with E-state index in [0.29, 0.717) is 23.7 Å². The summed E-state index contributed by atoms with van der Waals surface area (Å²) in [4.78, 5) is 13.6. The summed E-state index contributed by atoms with van der Waals surface area (Å²) < 4.78 is 15.9. The highest BCUT2D eigenvalue weighted by molar-refractivity contribution is 5.79. The van der Waals surface area contributed by atoms with Gasteiger partial charge in [-0.1, -0.05) is 0 Å². The first-order valence-electron chi connectivity index (χ1n) is 6.68. The molecule has 6 heteroatoms. The van der Waals surface area contributed by atoms with Crippen LogP contribution in [0.2, 0.25) is 0 Å². The minimum Gasteiger partial charge on any atom is -0.493 e. The zero-order valence-electron chi connectivity index (χ0n) is 13.3. The van der Waals surface area contributed by atoms with Crippen LogP contribution in [0.25, 0.3) is 0 Å². The van der Waals surface area contributed by atoms with Crippen molar-refractivity contribution in [3.63, 3.8) is 0 Å². The van der Waals surface area contributed by atoms with Crippen LogP contribution >= 0.6 is 0 Å². The molecule has 0 aliphatic carbocycles. The van der Waals surface area contributed by atoms with Crippen molar-refractivity contribution in [2.24, 2.45) is 11.7 Å². The van der Waals surface area contributed by atoms with Gasteiger partial charge in [0.15, 0.2) is 11.5 Å². The van der Waals surface area contributed by atoms with Gasteiger partial charge in [-0.3, -0.25) is 4.79 Å². The van der Waals surface area contributed by atoms with Gasteiger partial charge >= 0.3 is 0 Å². The van der Waals surface area contributed by atoms with Crippen molar-refractivity contribution in [1.82, 2.24) is 4.90 Å². The van der Waals surface area contributed by atoms with Gasteiger partial charge in [0.2, 0.25) is 11.7 Å². The van der Waals surface area contributed by atoms with Crippen molar-refractivity contribution >= 4 is 5.91 Å². The summed E-state index contributed by atoms with van der Waals surface area (Å²) >= 11 is 0. The Labute approximate surface area is 125 Å². The SMILES string of the molecule is COc1cc(CC(CN)C(=O)N(C)C)cc(OC)c1OC. The molecule has 1 unspecified atom stereocenters. The number of amides is 1. The Morgan fingerprint density at radius 1 is 1.14 bits per heavy atom. The third-order valence-electron chi connectivity index (χ3n) is 3.28. The van der Waals surface area contributed by atoms with Gasteiger partial charge in [0.25, 0.3) is 0 Å². The molecule has 118 valence electrons. The van der Waals surface area contributed by atoms with Crippen LogP contribution in [-0.4, -0.2) is 52.8 Å². The molecular formula is C15H24N2O4. The lowest BCUT2D eigenvalue weighted by Crippen LogP contribution is -2.35. The molecule has 0 bridgehead atoms. The summed E-state index contributed by atoms with van der Waals surface area (Å²) in [5.74, 6) is 1.40. The zero-order valence-corrected chi connectivity index (χ0v) is 13.3. The van der Waals surface area contributed by atoms with Crippen molar-refractivity contribution in [1.29, 1.82) is 0 Å². The number of nitrogens with two attached hydrogens (primary N) is 1. The van der Waals surface area contributed by atoms with Gasteiger partial charge in [-0.05, 0) is 24.1 Å². The number of rotatable bonds is 7. The first kappa shape index (κ1) is 17.1. The third-order valence-corrected chi connectivity index (χ3v) is 3.28. The summed E-state index contributed by atoms with van der Waals surface area (Å²) in [6, 6.07) is 3.68. The van der Waals surface area contributed by atoms with Crippen LogP contribution in [0.15, 0.2) is 12.1 Å². The number of carbonyl (C=O) groups is 1. The fraction of sp³-hybridized carbons (Fsp3) is 0.533. The van der Waals surface area contributed by atoms with Crippen molar-refractivity contribution in [2.75, 3.05) is 42.0 Å². The van der Waals surface area contributed by atoms with Crippen molar-refractivity contribution in [2.45, 2.75) is 6.42 Å². The maximum atomic E-state index is 12.1. The summed E-state index contributed by atoms with van der Waals surface area (Å²) in [7, 11) is 8.12. The summed E-state index contributed by atoms with van der Waals surface area (Å²) in [6.45, 7) is 0.285. The van der Waals surface area contributed by atoms with Crippen LogP contribution in [0.4, 0.5) is 0 Å². The van der Waals surface area contributed by atoms with Crippen molar-refractivity contribution in [3.05, 3.63) is 17.7 Å². The molecule has 0 fully saturated rings. The summed E-state index contributed by atoms with van der Waals surface area (Å²) in [6.07, 6.45) is 0.518. The number of ether oxygens (including phenoxy) is 3. The second-order valence-corrected chi connectivity index (χ2v) is 4.90. The van der Waals surface area contributed by atoms with Crippen LogP contribution in [0.5, 0.6) is 17.2 Å². The van der Waals surface area contributed by atoms with Crippen LogP contribution in [0.3, 0.4) is 0 Å². The average Bonchev–Trinajstić information content (AvgIpc) is 2.50. The number of nitrogens with zero attached hydrogens (tertiary/aromatic N) is 1. The standard InChI is InChI=1S/C15H24N2O4/c1-17(2)15(18)11(9-16)6-10-7-12(19-3)14(21-5)13(8-10)20-4/h7-8,11H,6,9,16H2,1-5H3. The largest absolute Gasteiger partial charge is 0.493 e. The van der Waals surface area contributed by atoms with E-state index in [-0.39, 0.29) is 18.4 Å². The first-order valence-corrected chi connectivity index (χ1v) is 6.68. The van der Waals surface area contributed by atoms with Gasteiger partial charge in [-0.15, -0.1) is 0 Å². The van der Waals surface area contributed by atoms with Crippen LogP contribution < -0.4 is 19.9 Å². The maximum Gasteiger partial charge on any atom is 0.226 e. The Morgan fingerprint density at radius 2 is 1.67 bits per heavy atom. The van der Waals surface area contributed by atoms with E-state index < -0.39 is 0 Å². The van der Waals surface area contributed by atoms with E-state index in [1.54, 1.807) is 40.3 Å². The highest BCUT2D eigenvalue weighted by atomic mass is 16.5. The molecule has 0 heterocycles. The minimum atomic E-state index is -0.275. The average molecular weight is 296 g/mol. The Kier molecular flexibility index (Phi) is 6.30. The predicted molar refractivity (Wildman–Crippen MR) is 81.0 cm³/mol. The van der Waals surface area contributed by atoms with Crippen molar-refractivity contribution < 1.29 is 19.0 Å². The summed E-state index contributed by atoms with van der Waals surface area (Å²) in [5, 5.41) is 0. The molecule has 0 aromatic heterocycles. The highest BCUT2D eigenvalue weighted by Crippen LogP contribution is 2.38. The number of hydrogen-bond acceptors (Lipinski definition) is 5. The molecule has 6 nitrogen and oxygen atoms in total. The second-order valence-electron chi connectivity index (χ2n) is 4.90. The molecule has 0 saturated heterocycles. The first-order chi connectivity index (χ1) is 9.98. The fourth-order valence-electron chi connectivity index (χ4n) is 2.17. The van der Waals surface area contributed by atoms with Gasteiger partial charge in [0, 0.05) is 20.6 Å². The van der Waals surface area contributed by atoms with Gasteiger partial charge in [-0.25, -0.2) is 0 Å². The topological polar surface area (TPSA) is 74.0 Å². The van der Waals surface area contributed by atoms with E-state index in [2.05, 4.69) is 0 Å². The quantitative estimate of drug-likeness (QED) is 0.810. The monoisotopic (exact) mass is 296 g/mol. The molecule has 21 heavy (non-hydrogen) atoms. The smallest absolute Gasteiger partial charge is 0.226 e. The van der Waals surface area contributed by atoms with Crippen LogP contribution in [-0.2, 0) is 11.2 Å². The summed E-state index contributed by atoms with van der Waals surface area (Å²) in [5.41, 5.74) is 6.63. The molecular weight excluding hydrogens is 272 g/mol. The lowest BCUT2D eigenvalue weighted by Gasteiger charge is -2.20. The zero-order chi connectivity index (χ0) is 16.0. The second kappa shape index (κ2) is 7.73. The molecule has 1 aromatic carbocycles. The highest BCUT2D eigenvalue weighted by Gasteiger charge is 2.21. The number of benzene rings is 1. The molecule has 0 spiro atoms. The molecule has 0 aliphatic rings. The molecule has 1 atom stereocenters. The molecule has 1 aromatic rings. The number of carbonyl (C=O) groups excluding carboxylic acids is 1. The van der Waals surface area contributed by atoms with Crippen LogP contribution in [0, 0.1) is 5.92 Å². The lowest BCUT2D eigenvalue weighted by molar-refractivity contribution is -0.132. The van der Waals surface area contributed by atoms with E-state index in [1.807, 2.05) is 12.1 Å². The van der Waals surface area contributed by atoms with E-state index in [0.717, 1.165) is 5.56 Å². The molecule has 0 radical (unpaired) electrons. The normalized spacial score (nSPS) is 11.7. The maximum absolute atomic E-state index is 12.1. The Hall–Kier alpha value is -1.95. The molecule has 0 aliphatic heterocycles. The third kappa shape index (κ3) is 4.01. The van der Waals surface area contributed by atoms with Gasteiger partial charge in [0.1, 0.15) is 0 Å².